The fourth-order valence-corrected chi connectivity index (χ4v) is 3.26. The van der Waals surface area contributed by atoms with E-state index in [0.29, 0.717) is 24.4 Å². The van der Waals surface area contributed by atoms with Crippen LogP contribution in [-0.2, 0) is 0 Å². The second kappa shape index (κ2) is 6.16. The van der Waals surface area contributed by atoms with Crippen molar-refractivity contribution in [2.45, 2.75) is 37.6 Å². The molecular weight excluding hydrogens is 284 g/mol. The van der Waals surface area contributed by atoms with Gasteiger partial charge in [-0.2, -0.15) is 0 Å². The van der Waals surface area contributed by atoms with Crippen LogP contribution in [0.15, 0.2) is 35.0 Å². The van der Waals surface area contributed by atoms with Crippen LogP contribution in [-0.4, -0.2) is 24.3 Å². The summed E-state index contributed by atoms with van der Waals surface area (Å²) in [7, 11) is 0. The molecule has 0 unspecified atom stereocenters. The van der Waals surface area contributed by atoms with Gasteiger partial charge < -0.3 is 11.1 Å². The summed E-state index contributed by atoms with van der Waals surface area (Å²) < 4.78 is 27.0. The van der Waals surface area contributed by atoms with Crippen molar-refractivity contribution >= 4 is 5.71 Å². The highest BCUT2D eigenvalue weighted by Gasteiger charge is 2.30. The van der Waals surface area contributed by atoms with Gasteiger partial charge in [0.1, 0.15) is 11.6 Å². The third kappa shape index (κ3) is 3.35. The first-order valence-electron chi connectivity index (χ1n) is 7.79. The maximum absolute atomic E-state index is 14.0. The van der Waals surface area contributed by atoms with E-state index in [9.17, 15) is 8.78 Å². The minimum absolute atomic E-state index is 0.171. The molecule has 0 radical (unpaired) electrons. The average molecular weight is 305 g/mol. The van der Waals surface area contributed by atoms with Crippen molar-refractivity contribution in [2.75, 3.05) is 13.1 Å². The lowest BCUT2D eigenvalue weighted by atomic mass is 9.92. The van der Waals surface area contributed by atoms with Crippen molar-refractivity contribution < 1.29 is 8.78 Å². The molecule has 3 N–H and O–H groups in total. The van der Waals surface area contributed by atoms with Gasteiger partial charge in [-0.3, -0.25) is 4.99 Å². The van der Waals surface area contributed by atoms with Crippen LogP contribution < -0.4 is 11.1 Å². The Hall–Kier alpha value is -1.75. The van der Waals surface area contributed by atoms with E-state index >= 15 is 0 Å². The van der Waals surface area contributed by atoms with Crippen molar-refractivity contribution in [3.05, 3.63) is 47.2 Å². The third-order valence-electron chi connectivity index (χ3n) is 4.41. The molecule has 118 valence electrons. The molecule has 1 saturated carbocycles. The molecule has 1 aromatic carbocycles. The van der Waals surface area contributed by atoms with E-state index in [0.717, 1.165) is 43.9 Å². The van der Waals surface area contributed by atoms with Crippen molar-refractivity contribution in [3.63, 3.8) is 0 Å². The lowest BCUT2D eigenvalue weighted by Crippen LogP contribution is -2.38. The zero-order valence-electron chi connectivity index (χ0n) is 12.5. The number of aliphatic imine (C=N–C) groups is 1. The van der Waals surface area contributed by atoms with Crippen molar-refractivity contribution in [3.8, 4) is 0 Å². The normalized spacial score (nSPS) is 20.9. The summed E-state index contributed by atoms with van der Waals surface area (Å²) in [5.74, 6) is -1.16. The Morgan fingerprint density at radius 1 is 1.23 bits per heavy atom. The van der Waals surface area contributed by atoms with E-state index in [2.05, 4.69) is 10.3 Å². The number of nitrogens with zero attached hydrogens (tertiary/aromatic N) is 1. The van der Waals surface area contributed by atoms with Gasteiger partial charge in [-0.1, -0.05) is 12.8 Å². The monoisotopic (exact) mass is 305 g/mol. The fraction of sp³-hybridized carbons (Fsp3) is 0.471. The van der Waals surface area contributed by atoms with Crippen LogP contribution in [0.5, 0.6) is 0 Å². The van der Waals surface area contributed by atoms with E-state index < -0.39 is 11.6 Å². The van der Waals surface area contributed by atoms with E-state index in [1.807, 2.05) is 6.08 Å². The number of nitrogens with one attached hydrogen (secondary N) is 1. The summed E-state index contributed by atoms with van der Waals surface area (Å²) >= 11 is 0. The number of hydrogen-bond acceptors (Lipinski definition) is 3. The van der Waals surface area contributed by atoms with Crippen molar-refractivity contribution in [1.82, 2.24) is 5.32 Å². The highest BCUT2D eigenvalue weighted by molar-refractivity contribution is 6.09. The molecule has 5 heteroatoms. The summed E-state index contributed by atoms with van der Waals surface area (Å²) in [4.78, 5) is 4.41. The Morgan fingerprint density at radius 2 is 2.00 bits per heavy atom. The molecule has 0 amide bonds. The number of benzene rings is 1. The Bertz CT molecular complexity index is 616. The van der Waals surface area contributed by atoms with Crippen molar-refractivity contribution in [2.24, 2.45) is 10.7 Å². The van der Waals surface area contributed by atoms with Crippen LogP contribution in [0.3, 0.4) is 0 Å². The van der Waals surface area contributed by atoms with Gasteiger partial charge in [0.15, 0.2) is 0 Å². The quantitative estimate of drug-likeness (QED) is 0.902. The topological polar surface area (TPSA) is 50.4 Å². The number of rotatable bonds is 3. The molecule has 1 aromatic rings. The lowest BCUT2D eigenvalue weighted by Gasteiger charge is -2.25. The molecule has 22 heavy (non-hydrogen) atoms. The molecule has 0 atom stereocenters. The molecular formula is C17H21F2N3. The van der Waals surface area contributed by atoms with Gasteiger partial charge >= 0.3 is 0 Å². The smallest absolute Gasteiger partial charge is 0.135 e. The van der Waals surface area contributed by atoms with E-state index in [1.165, 1.54) is 12.1 Å². The van der Waals surface area contributed by atoms with E-state index in [1.54, 1.807) is 0 Å². The van der Waals surface area contributed by atoms with Crippen LogP contribution in [0.25, 0.3) is 0 Å². The predicted octanol–water partition coefficient (Wildman–Crippen LogP) is 2.90. The third-order valence-corrected chi connectivity index (χ3v) is 4.41. The van der Waals surface area contributed by atoms with Gasteiger partial charge in [-0.15, -0.1) is 0 Å². The first-order chi connectivity index (χ1) is 10.6. The van der Waals surface area contributed by atoms with Crippen LogP contribution in [0.1, 0.15) is 37.7 Å². The summed E-state index contributed by atoms with van der Waals surface area (Å²) in [5, 5.41) is 3.33. The molecule has 1 heterocycles. The van der Waals surface area contributed by atoms with Crippen LogP contribution in [0.2, 0.25) is 0 Å². The second-order valence-electron chi connectivity index (χ2n) is 6.23. The maximum Gasteiger partial charge on any atom is 0.135 e. The molecule has 0 saturated heterocycles. The Kier molecular flexibility index (Phi) is 4.25. The molecule has 1 fully saturated rings. The molecule has 0 bridgehead atoms. The fourth-order valence-electron chi connectivity index (χ4n) is 3.26. The van der Waals surface area contributed by atoms with Crippen LogP contribution >= 0.6 is 0 Å². The zero-order chi connectivity index (χ0) is 15.6. The highest BCUT2D eigenvalue weighted by atomic mass is 19.1. The summed E-state index contributed by atoms with van der Waals surface area (Å²) in [6.07, 6.45) is 6.96. The molecule has 3 rings (SSSR count). The average Bonchev–Trinajstić information content (AvgIpc) is 2.75. The predicted molar refractivity (Wildman–Crippen MR) is 83.9 cm³/mol. The molecule has 0 aromatic heterocycles. The van der Waals surface area contributed by atoms with Crippen molar-refractivity contribution in [1.29, 1.82) is 0 Å². The van der Waals surface area contributed by atoms with Gasteiger partial charge in [-0.25, -0.2) is 8.78 Å². The molecule has 3 nitrogen and oxygen atoms in total. The lowest BCUT2D eigenvalue weighted by molar-refractivity contribution is 0.424. The van der Waals surface area contributed by atoms with Gasteiger partial charge in [0.2, 0.25) is 0 Å². The van der Waals surface area contributed by atoms with E-state index in [-0.39, 0.29) is 5.54 Å². The number of nitrogens with two attached hydrogens (primary N) is 1. The Balaban J connectivity index is 1.86. The van der Waals surface area contributed by atoms with Crippen LogP contribution in [0, 0.1) is 11.6 Å². The zero-order valence-corrected chi connectivity index (χ0v) is 12.5. The second-order valence-corrected chi connectivity index (χ2v) is 6.23. The number of allylic oxidation sites excluding steroid dienone is 1. The van der Waals surface area contributed by atoms with Gasteiger partial charge in [0.05, 0.1) is 12.3 Å². The van der Waals surface area contributed by atoms with Gasteiger partial charge in [0, 0.05) is 35.8 Å². The minimum Gasteiger partial charge on any atom is -0.386 e. The molecule has 1 aliphatic heterocycles. The standard InChI is InChI=1S/C17H21F2N3/c18-12-3-4-14(15(19)9-12)16-10-13(21-7-8-22-16)11-17(20)5-1-2-6-17/h3-4,9-10,21H,1-2,5-8,11,20H2. The first kappa shape index (κ1) is 15.2. The molecule has 1 aliphatic carbocycles. The first-order valence-corrected chi connectivity index (χ1v) is 7.79. The SMILES string of the molecule is NC1(CC2=CC(c3ccc(F)cc3F)=NCCN2)CCCC1. The number of halogens is 2. The highest BCUT2D eigenvalue weighted by Crippen LogP contribution is 2.32. The number of hydrogen-bond donors (Lipinski definition) is 2. The molecule has 0 spiro atoms. The van der Waals surface area contributed by atoms with Crippen LogP contribution in [0.4, 0.5) is 8.78 Å². The van der Waals surface area contributed by atoms with Gasteiger partial charge in [-0.05, 0) is 31.1 Å². The van der Waals surface area contributed by atoms with E-state index in [4.69, 9.17) is 5.73 Å². The summed E-state index contributed by atoms with van der Waals surface area (Å²) in [5.41, 5.74) is 8.14. The largest absolute Gasteiger partial charge is 0.386 e. The summed E-state index contributed by atoms with van der Waals surface area (Å²) in [6.45, 7) is 1.26. The summed E-state index contributed by atoms with van der Waals surface area (Å²) in [6, 6.07) is 3.59. The Labute approximate surface area is 129 Å². The maximum atomic E-state index is 14.0. The minimum atomic E-state index is -0.584. The van der Waals surface area contributed by atoms with Gasteiger partial charge in [0.25, 0.3) is 0 Å². The molecule has 2 aliphatic rings. The Morgan fingerprint density at radius 3 is 2.73 bits per heavy atom.